The molecule has 2 heterocycles. The zero-order chi connectivity index (χ0) is 15.4. The van der Waals surface area contributed by atoms with E-state index in [2.05, 4.69) is 4.98 Å². The van der Waals surface area contributed by atoms with Gasteiger partial charge in [-0.3, -0.25) is 0 Å². The van der Waals surface area contributed by atoms with Crippen LogP contribution in [0, 0.1) is 0 Å². The van der Waals surface area contributed by atoms with Gasteiger partial charge in [-0.25, -0.2) is 9.78 Å². The van der Waals surface area contributed by atoms with Gasteiger partial charge in [-0.2, -0.15) is 0 Å². The first-order valence-corrected chi connectivity index (χ1v) is 8.32. The lowest BCUT2D eigenvalue weighted by molar-refractivity contribution is 0.0474. The zero-order valence-electron chi connectivity index (χ0n) is 11.8. The summed E-state index contributed by atoms with van der Waals surface area (Å²) in [5.74, 6) is 0.459. The van der Waals surface area contributed by atoms with Gasteiger partial charge in [-0.1, -0.05) is 18.2 Å². The smallest absolute Gasteiger partial charge is 0.348 e. The molecule has 0 atom stereocenters. The van der Waals surface area contributed by atoms with Crippen LogP contribution in [0.15, 0.2) is 47.2 Å². The summed E-state index contributed by atoms with van der Waals surface area (Å²) in [4.78, 5) is 16.9. The minimum absolute atomic E-state index is 0.169. The topological polar surface area (TPSA) is 48.4 Å². The first-order valence-electron chi connectivity index (χ1n) is 6.56. The Morgan fingerprint density at radius 2 is 2.05 bits per heavy atom. The van der Waals surface area contributed by atoms with E-state index in [4.69, 9.17) is 9.47 Å². The highest BCUT2D eigenvalue weighted by molar-refractivity contribution is 7.13. The molecular weight excluding hydrogens is 318 g/mol. The predicted molar refractivity (Wildman–Crippen MR) is 87.5 cm³/mol. The highest BCUT2D eigenvalue weighted by atomic mass is 32.1. The van der Waals surface area contributed by atoms with Crippen LogP contribution in [0.1, 0.15) is 15.4 Å². The zero-order valence-corrected chi connectivity index (χ0v) is 13.4. The van der Waals surface area contributed by atoms with Crippen LogP contribution >= 0.6 is 22.7 Å². The van der Waals surface area contributed by atoms with Crippen LogP contribution in [0.2, 0.25) is 0 Å². The minimum atomic E-state index is -0.318. The number of carbonyl (C=O) groups excluding carboxylic acids is 1. The van der Waals surface area contributed by atoms with E-state index in [0.717, 1.165) is 22.0 Å². The van der Waals surface area contributed by atoms with Gasteiger partial charge in [-0.15, -0.1) is 22.7 Å². The van der Waals surface area contributed by atoms with Gasteiger partial charge < -0.3 is 9.47 Å². The maximum atomic E-state index is 11.8. The van der Waals surface area contributed by atoms with Crippen molar-refractivity contribution in [2.45, 2.75) is 6.61 Å². The van der Waals surface area contributed by atoms with E-state index in [0.29, 0.717) is 4.88 Å². The fraction of sp³-hybridized carbons (Fsp3) is 0.125. The number of rotatable bonds is 5. The van der Waals surface area contributed by atoms with Gasteiger partial charge in [0.25, 0.3) is 0 Å². The largest absolute Gasteiger partial charge is 0.496 e. The van der Waals surface area contributed by atoms with Crippen LogP contribution in [-0.4, -0.2) is 18.1 Å². The third-order valence-electron chi connectivity index (χ3n) is 2.96. The number of methoxy groups -OCH3 is 1. The van der Waals surface area contributed by atoms with Crippen molar-refractivity contribution < 1.29 is 14.3 Å². The quantitative estimate of drug-likeness (QED) is 0.656. The number of aromatic nitrogens is 1. The van der Waals surface area contributed by atoms with Crippen molar-refractivity contribution in [3.63, 3.8) is 0 Å². The van der Waals surface area contributed by atoms with E-state index >= 15 is 0 Å². The molecule has 0 saturated carbocycles. The summed E-state index contributed by atoms with van der Waals surface area (Å²) < 4.78 is 10.6. The Morgan fingerprint density at radius 1 is 1.18 bits per heavy atom. The summed E-state index contributed by atoms with van der Waals surface area (Å²) in [5.41, 5.74) is 1.67. The second kappa shape index (κ2) is 6.72. The number of hydrogen-bond donors (Lipinski definition) is 0. The fourth-order valence-electron chi connectivity index (χ4n) is 1.92. The molecule has 0 radical (unpaired) electrons. The van der Waals surface area contributed by atoms with Crippen LogP contribution in [0.25, 0.3) is 10.6 Å². The molecule has 3 aromatic rings. The summed E-state index contributed by atoms with van der Waals surface area (Å²) in [6, 6.07) is 11.3. The van der Waals surface area contributed by atoms with Crippen molar-refractivity contribution in [1.82, 2.24) is 4.98 Å². The lowest BCUT2D eigenvalue weighted by atomic mass is 10.2. The van der Waals surface area contributed by atoms with Crippen LogP contribution in [-0.2, 0) is 11.3 Å². The predicted octanol–water partition coefficient (Wildman–Crippen LogP) is 4.24. The molecule has 0 saturated heterocycles. The van der Waals surface area contributed by atoms with Crippen molar-refractivity contribution in [2.75, 3.05) is 7.11 Å². The van der Waals surface area contributed by atoms with Gasteiger partial charge in [0, 0.05) is 5.38 Å². The summed E-state index contributed by atoms with van der Waals surface area (Å²) in [5, 5.41) is 4.59. The molecule has 0 aliphatic rings. The average molecular weight is 331 g/mol. The maximum Gasteiger partial charge on any atom is 0.348 e. The van der Waals surface area contributed by atoms with Gasteiger partial charge in [0.15, 0.2) is 0 Å². The Balaban J connectivity index is 1.70. The molecule has 0 aliphatic carbocycles. The molecule has 0 unspecified atom stereocenters. The molecule has 0 bridgehead atoms. The van der Waals surface area contributed by atoms with Gasteiger partial charge in [0.05, 0.1) is 18.4 Å². The normalized spacial score (nSPS) is 10.4. The van der Waals surface area contributed by atoms with E-state index < -0.39 is 0 Å². The summed E-state index contributed by atoms with van der Waals surface area (Å²) >= 11 is 2.87. The van der Waals surface area contributed by atoms with Gasteiger partial charge in [0.2, 0.25) is 0 Å². The summed E-state index contributed by atoms with van der Waals surface area (Å²) in [7, 11) is 1.64. The van der Waals surface area contributed by atoms with Crippen LogP contribution < -0.4 is 4.74 Å². The van der Waals surface area contributed by atoms with E-state index in [-0.39, 0.29) is 12.6 Å². The van der Waals surface area contributed by atoms with Crippen molar-refractivity contribution in [1.29, 1.82) is 0 Å². The number of nitrogens with zero attached hydrogens (tertiary/aromatic N) is 1. The Morgan fingerprint density at radius 3 is 2.82 bits per heavy atom. The number of hydrogen-bond acceptors (Lipinski definition) is 6. The van der Waals surface area contributed by atoms with Crippen molar-refractivity contribution >= 4 is 28.6 Å². The van der Waals surface area contributed by atoms with Gasteiger partial charge >= 0.3 is 5.97 Å². The molecule has 0 amide bonds. The molecule has 3 rings (SSSR count). The minimum Gasteiger partial charge on any atom is -0.496 e. The third-order valence-corrected chi connectivity index (χ3v) is 4.74. The highest BCUT2D eigenvalue weighted by Gasteiger charge is 2.12. The molecule has 112 valence electrons. The molecule has 4 nitrogen and oxygen atoms in total. The van der Waals surface area contributed by atoms with Crippen molar-refractivity contribution in [3.05, 3.63) is 57.7 Å². The monoisotopic (exact) mass is 331 g/mol. The SMILES string of the molecule is COc1ccccc1-c1nc(COC(=O)c2cccs2)cs1. The highest BCUT2D eigenvalue weighted by Crippen LogP contribution is 2.32. The summed E-state index contributed by atoms with van der Waals surface area (Å²) in [6.45, 7) is 0.169. The number of thiophene rings is 1. The standard InChI is InChI=1S/C16H13NO3S2/c1-19-13-6-3-2-5-12(13)15-17-11(10-22-15)9-20-16(18)14-7-4-8-21-14/h2-8,10H,9H2,1H3. The number of ether oxygens (including phenoxy) is 2. The van der Waals surface area contributed by atoms with Crippen LogP contribution in [0.4, 0.5) is 0 Å². The average Bonchev–Trinajstić information content (AvgIpc) is 3.24. The van der Waals surface area contributed by atoms with E-state index in [1.54, 1.807) is 13.2 Å². The Hall–Kier alpha value is -2.18. The van der Waals surface area contributed by atoms with E-state index in [9.17, 15) is 4.79 Å². The van der Waals surface area contributed by atoms with Crippen molar-refractivity contribution in [3.8, 4) is 16.3 Å². The molecule has 0 fully saturated rings. The van der Waals surface area contributed by atoms with Gasteiger partial charge in [0.1, 0.15) is 22.2 Å². The maximum absolute atomic E-state index is 11.8. The summed E-state index contributed by atoms with van der Waals surface area (Å²) in [6.07, 6.45) is 0. The molecule has 0 spiro atoms. The number of carbonyl (C=O) groups is 1. The Bertz CT molecular complexity index is 765. The number of esters is 1. The Labute approximate surface area is 136 Å². The van der Waals surface area contributed by atoms with Crippen molar-refractivity contribution in [2.24, 2.45) is 0 Å². The number of benzene rings is 1. The molecule has 2 aromatic heterocycles. The van der Waals surface area contributed by atoms with E-state index in [1.807, 2.05) is 41.1 Å². The number of para-hydroxylation sites is 1. The molecule has 0 aliphatic heterocycles. The number of thiazole rings is 1. The first-order chi connectivity index (χ1) is 10.8. The van der Waals surface area contributed by atoms with Crippen LogP contribution in [0.5, 0.6) is 5.75 Å². The Kier molecular flexibility index (Phi) is 4.50. The lowest BCUT2D eigenvalue weighted by Gasteiger charge is -2.04. The molecule has 6 heteroatoms. The van der Waals surface area contributed by atoms with Crippen LogP contribution in [0.3, 0.4) is 0 Å². The molecule has 22 heavy (non-hydrogen) atoms. The second-order valence-electron chi connectivity index (χ2n) is 4.40. The lowest BCUT2D eigenvalue weighted by Crippen LogP contribution is -2.03. The first kappa shape index (κ1) is 14.7. The fourth-order valence-corrected chi connectivity index (χ4v) is 3.37. The molecule has 1 aromatic carbocycles. The molecule has 0 N–H and O–H groups in total. The molecular formula is C16H13NO3S2. The van der Waals surface area contributed by atoms with E-state index in [1.165, 1.54) is 22.7 Å². The third kappa shape index (κ3) is 3.18. The second-order valence-corrected chi connectivity index (χ2v) is 6.20. The van der Waals surface area contributed by atoms with Gasteiger partial charge in [-0.05, 0) is 23.6 Å².